The molecular weight excluding hydrogens is 286 g/mol. The van der Waals surface area contributed by atoms with Gasteiger partial charge in [0.2, 0.25) is 6.29 Å². The van der Waals surface area contributed by atoms with Crippen molar-refractivity contribution in [1.82, 2.24) is 5.32 Å². The molecule has 0 aromatic heterocycles. The van der Waals surface area contributed by atoms with Crippen LogP contribution in [0.4, 0.5) is 0 Å². The number of fused-ring (bicyclic) bond motifs is 1. The maximum absolute atomic E-state index is 6.19. The summed E-state index contributed by atoms with van der Waals surface area (Å²) in [6, 6.07) is 18.6. The van der Waals surface area contributed by atoms with Crippen LogP contribution in [0.1, 0.15) is 25.0 Å². The van der Waals surface area contributed by atoms with Crippen LogP contribution in [0.25, 0.3) is 0 Å². The molecule has 3 nitrogen and oxygen atoms in total. The molecule has 0 amide bonds. The Morgan fingerprint density at radius 1 is 1.09 bits per heavy atom. The minimum atomic E-state index is -0.257. The Labute approximate surface area is 138 Å². The first-order valence-corrected chi connectivity index (χ1v) is 8.19. The van der Waals surface area contributed by atoms with E-state index in [9.17, 15) is 0 Å². The van der Waals surface area contributed by atoms with Crippen molar-refractivity contribution in [3.63, 3.8) is 0 Å². The molecule has 0 radical (unpaired) electrons. The van der Waals surface area contributed by atoms with Crippen LogP contribution < -0.4 is 10.1 Å². The summed E-state index contributed by atoms with van der Waals surface area (Å²) in [5.41, 5.74) is 2.31. The summed E-state index contributed by atoms with van der Waals surface area (Å²) in [4.78, 5) is 0. The number of para-hydroxylation sites is 1. The van der Waals surface area contributed by atoms with Gasteiger partial charge in [-0.15, -0.1) is 0 Å². The fraction of sp³-hybridized carbons (Fsp3) is 0.400. The topological polar surface area (TPSA) is 30.5 Å². The minimum absolute atomic E-state index is 0.104. The van der Waals surface area contributed by atoms with Crippen LogP contribution in [0.3, 0.4) is 0 Å². The van der Waals surface area contributed by atoms with E-state index in [1.165, 1.54) is 5.56 Å². The quantitative estimate of drug-likeness (QED) is 0.911. The second kappa shape index (κ2) is 6.73. The molecule has 122 valence electrons. The predicted octanol–water partition coefficient (Wildman–Crippen LogP) is 3.78. The standard InChI is InChI=1S/C20H25NO2/c1-20(2,21-3)17(13-15-9-5-4-6-10-15)19-22-14-16-11-7-8-12-18(16)23-19/h4-12,17,19,21H,13-14H2,1-3H3. The number of benzene rings is 2. The second-order valence-corrected chi connectivity index (χ2v) is 6.67. The molecule has 2 atom stereocenters. The molecule has 1 heterocycles. The van der Waals surface area contributed by atoms with Gasteiger partial charge in [-0.1, -0.05) is 48.5 Å². The third-order valence-electron chi connectivity index (χ3n) is 4.82. The zero-order chi connectivity index (χ0) is 16.3. The van der Waals surface area contributed by atoms with Gasteiger partial charge in [0, 0.05) is 17.0 Å². The first kappa shape index (κ1) is 16.0. The first-order chi connectivity index (χ1) is 11.1. The molecule has 2 aromatic rings. The van der Waals surface area contributed by atoms with Crippen LogP contribution in [0.5, 0.6) is 5.75 Å². The molecule has 1 aliphatic heterocycles. The Bertz CT molecular complexity index is 639. The molecule has 0 saturated heterocycles. The van der Waals surface area contributed by atoms with E-state index in [1.807, 2.05) is 31.3 Å². The lowest BCUT2D eigenvalue weighted by molar-refractivity contribution is -0.155. The highest BCUT2D eigenvalue weighted by Crippen LogP contribution is 2.33. The van der Waals surface area contributed by atoms with E-state index in [2.05, 4.69) is 49.5 Å². The van der Waals surface area contributed by atoms with E-state index in [4.69, 9.17) is 9.47 Å². The van der Waals surface area contributed by atoms with Gasteiger partial charge >= 0.3 is 0 Å². The number of ether oxygens (including phenoxy) is 2. The van der Waals surface area contributed by atoms with Crippen molar-refractivity contribution < 1.29 is 9.47 Å². The zero-order valence-electron chi connectivity index (χ0n) is 14.1. The maximum atomic E-state index is 6.19. The van der Waals surface area contributed by atoms with Gasteiger partial charge in [0.25, 0.3) is 0 Å². The second-order valence-electron chi connectivity index (χ2n) is 6.67. The summed E-state index contributed by atoms with van der Waals surface area (Å²) in [5.74, 6) is 1.14. The van der Waals surface area contributed by atoms with Gasteiger partial charge in [0.05, 0.1) is 6.61 Å². The third-order valence-corrected chi connectivity index (χ3v) is 4.82. The van der Waals surface area contributed by atoms with Crippen LogP contribution in [0.15, 0.2) is 54.6 Å². The van der Waals surface area contributed by atoms with Crippen molar-refractivity contribution in [3.05, 3.63) is 65.7 Å². The first-order valence-electron chi connectivity index (χ1n) is 8.19. The van der Waals surface area contributed by atoms with Gasteiger partial charge in [0.1, 0.15) is 5.75 Å². The molecule has 23 heavy (non-hydrogen) atoms. The average molecular weight is 311 g/mol. The molecule has 0 bridgehead atoms. The SMILES string of the molecule is CNC(C)(C)C(Cc1ccccc1)C1OCc2ccccc2O1. The Morgan fingerprint density at radius 3 is 2.52 bits per heavy atom. The van der Waals surface area contributed by atoms with Crippen molar-refractivity contribution in [2.75, 3.05) is 7.05 Å². The number of nitrogens with one attached hydrogen (secondary N) is 1. The lowest BCUT2D eigenvalue weighted by Gasteiger charge is -2.41. The molecule has 0 aliphatic carbocycles. The minimum Gasteiger partial charge on any atom is -0.464 e. The zero-order valence-corrected chi connectivity index (χ0v) is 14.1. The van der Waals surface area contributed by atoms with Crippen LogP contribution in [0, 0.1) is 5.92 Å². The average Bonchev–Trinajstić information content (AvgIpc) is 2.60. The van der Waals surface area contributed by atoms with Gasteiger partial charge in [-0.3, -0.25) is 0 Å². The summed E-state index contributed by atoms with van der Waals surface area (Å²) in [6.07, 6.45) is 0.647. The lowest BCUT2D eigenvalue weighted by atomic mass is 9.82. The van der Waals surface area contributed by atoms with Gasteiger partial charge in [-0.25, -0.2) is 0 Å². The molecule has 3 rings (SSSR count). The fourth-order valence-electron chi connectivity index (χ4n) is 3.01. The Hall–Kier alpha value is -1.84. The Kier molecular flexibility index (Phi) is 4.69. The largest absolute Gasteiger partial charge is 0.464 e. The van der Waals surface area contributed by atoms with Crippen LogP contribution in [0.2, 0.25) is 0 Å². The van der Waals surface area contributed by atoms with Crippen molar-refractivity contribution >= 4 is 0 Å². The summed E-state index contributed by atoms with van der Waals surface area (Å²) in [7, 11) is 1.99. The Morgan fingerprint density at radius 2 is 1.78 bits per heavy atom. The third kappa shape index (κ3) is 3.57. The number of rotatable bonds is 5. The van der Waals surface area contributed by atoms with E-state index in [-0.39, 0.29) is 17.7 Å². The molecule has 1 N–H and O–H groups in total. The summed E-state index contributed by atoms with van der Waals surface area (Å²) < 4.78 is 12.3. The van der Waals surface area contributed by atoms with Crippen molar-refractivity contribution in [2.24, 2.45) is 5.92 Å². The molecule has 3 heteroatoms. The molecule has 2 aromatic carbocycles. The molecular formula is C20H25NO2. The van der Waals surface area contributed by atoms with Crippen molar-refractivity contribution in [1.29, 1.82) is 0 Å². The highest BCUT2D eigenvalue weighted by atomic mass is 16.7. The fourth-order valence-corrected chi connectivity index (χ4v) is 3.01. The monoisotopic (exact) mass is 311 g/mol. The van der Waals surface area contributed by atoms with E-state index < -0.39 is 0 Å². The summed E-state index contributed by atoms with van der Waals surface area (Å²) >= 11 is 0. The highest BCUT2D eigenvalue weighted by Gasteiger charge is 2.38. The van der Waals surface area contributed by atoms with Gasteiger partial charge in [-0.2, -0.15) is 0 Å². The van der Waals surface area contributed by atoms with Crippen LogP contribution >= 0.6 is 0 Å². The smallest absolute Gasteiger partial charge is 0.205 e. The lowest BCUT2D eigenvalue weighted by Crippen LogP contribution is -2.52. The molecule has 0 spiro atoms. The van der Waals surface area contributed by atoms with Gasteiger partial charge in [-0.05, 0) is 38.9 Å². The summed E-state index contributed by atoms with van der Waals surface area (Å²) in [6.45, 7) is 5.01. The normalized spacial score (nSPS) is 18.8. The van der Waals surface area contributed by atoms with Crippen molar-refractivity contribution in [2.45, 2.75) is 38.7 Å². The molecule has 1 aliphatic rings. The van der Waals surface area contributed by atoms with Crippen molar-refractivity contribution in [3.8, 4) is 5.75 Å². The van der Waals surface area contributed by atoms with E-state index in [0.717, 1.165) is 17.7 Å². The van der Waals surface area contributed by atoms with Crippen LogP contribution in [-0.4, -0.2) is 18.9 Å². The highest BCUT2D eigenvalue weighted by molar-refractivity contribution is 5.34. The summed E-state index contributed by atoms with van der Waals surface area (Å²) in [5, 5.41) is 3.42. The van der Waals surface area contributed by atoms with Crippen LogP contribution in [-0.2, 0) is 17.8 Å². The van der Waals surface area contributed by atoms with Gasteiger partial charge < -0.3 is 14.8 Å². The molecule has 2 unspecified atom stereocenters. The Balaban J connectivity index is 1.84. The van der Waals surface area contributed by atoms with E-state index >= 15 is 0 Å². The number of hydrogen-bond acceptors (Lipinski definition) is 3. The number of hydrogen-bond donors (Lipinski definition) is 1. The molecule has 0 saturated carbocycles. The van der Waals surface area contributed by atoms with E-state index in [0.29, 0.717) is 6.61 Å². The van der Waals surface area contributed by atoms with E-state index in [1.54, 1.807) is 0 Å². The van der Waals surface area contributed by atoms with Gasteiger partial charge in [0.15, 0.2) is 0 Å². The molecule has 0 fully saturated rings. The maximum Gasteiger partial charge on any atom is 0.205 e. The predicted molar refractivity (Wildman–Crippen MR) is 92.4 cm³/mol.